The number of hydrogen-bond acceptors (Lipinski definition) is 3. The van der Waals surface area contributed by atoms with Crippen LogP contribution in [0.1, 0.15) is 10.4 Å². The number of nitrogens with zero attached hydrogens (tertiary/aromatic N) is 1. The fraction of sp³-hybridized carbons (Fsp3) is 0. The first-order chi connectivity index (χ1) is 12.7. The van der Waals surface area contributed by atoms with Crippen molar-refractivity contribution >= 4 is 50.6 Å². The Morgan fingerprint density at radius 3 is 2.62 bits per heavy atom. The van der Waals surface area contributed by atoms with E-state index in [0.29, 0.717) is 5.56 Å². The van der Waals surface area contributed by atoms with Gasteiger partial charge in [0.25, 0.3) is 5.91 Å². The first kappa shape index (κ1) is 16.2. The number of benzene rings is 3. The van der Waals surface area contributed by atoms with Gasteiger partial charge in [0.2, 0.25) is 0 Å². The van der Waals surface area contributed by atoms with Crippen molar-refractivity contribution in [1.29, 1.82) is 0 Å². The van der Waals surface area contributed by atoms with Crippen molar-refractivity contribution in [1.82, 2.24) is 10.3 Å². The molecule has 1 heterocycles. The smallest absolute Gasteiger partial charge is 0.257 e. The molecule has 5 heteroatoms. The Labute approximate surface area is 155 Å². The zero-order valence-corrected chi connectivity index (χ0v) is 14.6. The van der Waals surface area contributed by atoms with Gasteiger partial charge in [-0.3, -0.25) is 15.1 Å². The maximum Gasteiger partial charge on any atom is 0.257 e. The predicted octanol–water partition coefficient (Wildman–Crippen LogP) is 4.51. The highest BCUT2D eigenvalue weighted by Gasteiger charge is 2.10. The topological polar surface area (TPSA) is 54.0 Å². The predicted molar refractivity (Wildman–Crippen MR) is 109 cm³/mol. The summed E-state index contributed by atoms with van der Waals surface area (Å²) in [6.45, 7) is 0. The lowest BCUT2D eigenvalue weighted by Gasteiger charge is -2.12. The second kappa shape index (κ2) is 6.90. The van der Waals surface area contributed by atoms with Crippen LogP contribution in [0.15, 0.2) is 79.0 Å². The van der Waals surface area contributed by atoms with Gasteiger partial charge in [-0.15, -0.1) is 0 Å². The Balaban J connectivity index is 1.52. The third-order valence-corrected chi connectivity index (χ3v) is 4.34. The van der Waals surface area contributed by atoms with E-state index in [1.807, 2.05) is 66.7 Å². The quantitative estimate of drug-likeness (QED) is 0.518. The fourth-order valence-electron chi connectivity index (χ4n) is 2.87. The number of amides is 1. The van der Waals surface area contributed by atoms with Crippen LogP contribution in [0.5, 0.6) is 0 Å². The molecule has 26 heavy (non-hydrogen) atoms. The molecule has 4 rings (SSSR count). The van der Waals surface area contributed by atoms with Crippen LogP contribution in [0, 0.1) is 0 Å². The maximum absolute atomic E-state index is 12.5. The van der Waals surface area contributed by atoms with Crippen molar-refractivity contribution in [2.75, 3.05) is 5.32 Å². The molecule has 0 fully saturated rings. The number of anilines is 1. The lowest BCUT2D eigenvalue weighted by molar-refractivity contribution is 0.0978. The minimum atomic E-state index is -0.244. The molecule has 1 amide bonds. The van der Waals surface area contributed by atoms with Gasteiger partial charge < -0.3 is 5.32 Å². The van der Waals surface area contributed by atoms with E-state index in [-0.39, 0.29) is 11.0 Å². The number of fused-ring (bicyclic) bond motifs is 2. The van der Waals surface area contributed by atoms with Crippen molar-refractivity contribution < 1.29 is 4.79 Å². The van der Waals surface area contributed by atoms with Crippen molar-refractivity contribution in [3.63, 3.8) is 0 Å². The average molecular weight is 357 g/mol. The summed E-state index contributed by atoms with van der Waals surface area (Å²) in [7, 11) is 0. The van der Waals surface area contributed by atoms with E-state index in [9.17, 15) is 4.79 Å². The molecule has 0 aliphatic rings. The summed E-state index contributed by atoms with van der Waals surface area (Å²) in [4.78, 5) is 16.8. The third kappa shape index (κ3) is 3.25. The van der Waals surface area contributed by atoms with Gasteiger partial charge in [0, 0.05) is 22.8 Å². The van der Waals surface area contributed by atoms with Gasteiger partial charge in [0.1, 0.15) is 0 Å². The van der Waals surface area contributed by atoms with E-state index in [0.717, 1.165) is 27.4 Å². The summed E-state index contributed by atoms with van der Waals surface area (Å²) in [6.07, 6.45) is 1.74. The Hall–Kier alpha value is -3.31. The van der Waals surface area contributed by atoms with Gasteiger partial charge in [-0.05, 0) is 59.4 Å². The number of carbonyl (C=O) groups is 1. The first-order valence-corrected chi connectivity index (χ1v) is 8.56. The van der Waals surface area contributed by atoms with Crippen molar-refractivity contribution in [3.8, 4) is 0 Å². The zero-order chi connectivity index (χ0) is 17.9. The summed E-state index contributed by atoms with van der Waals surface area (Å²) in [5.41, 5.74) is 2.23. The van der Waals surface area contributed by atoms with E-state index in [4.69, 9.17) is 12.2 Å². The molecule has 1 aromatic heterocycles. The molecule has 0 aliphatic carbocycles. The molecular formula is C21H15N3OS. The molecule has 0 saturated heterocycles. The van der Waals surface area contributed by atoms with E-state index >= 15 is 0 Å². The molecule has 3 aromatic carbocycles. The highest BCUT2D eigenvalue weighted by molar-refractivity contribution is 7.80. The molecule has 0 atom stereocenters. The summed E-state index contributed by atoms with van der Waals surface area (Å²) in [5.74, 6) is -0.244. The Morgan fingerprint density at radius 2 is 1.73 bits per heavy atom. The number of thiocarbonyl (C=S) groups is 1. The van der Waals surface area contributed by atoms with E-state index in [1.165, 1.54) is 0 Å². The molecular weight excluding hydrogens is 342 g/mol. The van der Waals surface area contributed by atoms with E-state index in [1.54, 1.807) is 12.3 Å². The van der Waals surface area contributed by atoms with Crippen LogP contribution in [-0.4, -0.2) is 16.0 Å². The minimum absolute atomic E-state index is 0.244. The number of nitrogens with one attached hydrogen (secondary N) is 2. The van der Waals surface area contributed by atoms with Gasteiger partial charge >= 0.3 is 0 Å². The SMILES string of the molecule is O=C(NC(=S)Nc1cccc2ncccc12)c1ccc2ccccc2c1. The van der Waals surface area contributed by atoms with Crippen molar-refractivity contribution in [3.05, 3.63) is 84.6 Å². The van der Waals surface area contributed by atoms with Crippen LogP contribution >= 0.6 is 12.2 Å². The molecule has 0 unspecified atom stereocenters. The molecule has 126 valence electrons. The van der Waals surface area contributed by atoms with E-state index < -0.39 is 0 Å². The second-order valence-corrected chi connectivity index (χ2v) is 6.25. The van der Waals surface area contributed by atoms with Gasteiger partial charge in [-0.1, -0.05) is 36.4 Å². The lowest BCUT2D eigenvalue weighted by atomic mass is 10.1. The standard InChI is InChI=1S/C21H15N3OS/c25-20(16-11-10-14-5-1-2-6-15(14)13-16)24-21(26)23-19-9-3-8-18-17(19)7-4-12-22-18/h1-13H,(H2,23,24,25,26). The Kier molecular flexibility index (Phi) is 4.29. The summed E-state index contributed by atoms with van der Waals surface area (Å²) in [6, 6.07) is 23.0. The van der Waals surface area contributed by atoms with Crippen molar-refractivity contribution in [2.45, 2.75) is 0 Å². The molecule has 4 aromatic rings. The maximum atomic E-state index is 12.5. The summed E-state index contributed by atoms with van der Waals surface area (Å²) >= 11 is 5.31. The van der Waals surface area contributed by atoms with Crippen LogP contribution in [0.3, 0.4) is 0 Å². The van der Waals surface area contributed by atoms with Gasteiger partial charge in [0.15, 0.2) is 5.11 Å². The number of rotatable bonds is 2. The van der Waals surface area contributed by atoms with Crippen LogP contribution in [0.4, 0.5) is 5.69 Å². The molecule has 0 aliphatic heterocycles. The third-order valence-electron chi connectivity index (χ3n) is 4.13. The lowest BCUT2D eigenvalue weighted by Crippen LogP contribution is -2.34. The monoisotopic (exact) mass is 357 g/mol. The van der Waals surface area contributed by atoms with E-state index in [2.05, 4.69) is 15.6 Å². The van der Waals surface area contributed by atoms with Crippen LogP contribution < -0.4 is 10.6 Å². The van der Waals surface area contributed by atoms with Gasteiger partial charge in [-0.2, -0.15) is 0 Å². The van der Waals surface area contributed by atoms with Crippen molar-refractivity contribution in [2.24, 2.45) is 0 Å². The summed E-state index contributed by atoms with van der Waals surface area (Å²) < 4.78 is 0. The highest BCUT2D eigenvalue weighted by Crippen LogP contribution is 2.21. The van der Waals surface area contributed by atoms with Crippen LogP contribution in [0.2, 0.25) is 0 Å². The molecule has 0 spiro atoms. The van der Waals surface area contributed by atoms with Crippen LogP contribution in [-0.2, 0) is 0 Å². The average Bonchev–Trinajstić information content (AvgIpc) is 2.68. The zero-order valence-electron chi connectivity index (χ0n) is 13.8. The minimum Gasteiger partial charge on any atom is -0.332 e. The number of carbonyl (C=O) groups excluding carboxylic acids is 1. The van der Waals surface area contributed by atoms with Gasteiger partial charge in [-0.25, -0.2) is 0 Å². The second-order valence-electron chi connectivity index (χ2n) is 5.85. The molecule has 0 bridgehead atoms. The Bertz CT molecular complexity index is 1130. The summed E-state index contributed by atoms with van der Waals surface area (Å²) in [5, 5.41) is 9.11. The number of aromatic nitrogens is 1. The first-order valence-electron chi connectivity index (χ1n) is 8.15. The number of hydrogen-bond donors (Lipinski definition) is 2. The fourth-order valence-corrected chi connectivity index (χ4v) is 3.07. The molecule has 2 N–H and O–H groups in total. The molecule has 4 nitrogen and oxygen atoms in total. The normalized spacial score (nSPS) is 10.6. The highest BCUT2D eigenvalue weighted by atomic mass is 32.1. The van der Waals surface area contributed by atoms with Gasteiger partial charge in [0.05, 0.1) is 5.52 Å². The molecule has 0 saturated carbocycles. The van der Waals surface area contributed by atoms with Crippen LogP contribution in [0.25, 0.3) is 21.7 Å². The Morgan fingerprint density at radius 1 is 0.885 bits per heavy atom. The number of pyridine rings is 1. The largest absolute Gasteiger partial charge is 0.332 e. The molecule has 0 radical (unpaired) electrons.